The van der Waals surface area contributed by atoms with Crippen LogP contribution in [-0.2, 0) is 0 Å². The van der Waals surface area contributed by atoms with E-state index in [0.717, 1.165) is 5.75 Å². The number of nitrogens with one attached hydrogen (secondary N) is 1. The van der Waals surface area contributed by atoms with Crippen LogP contribution in [0.2, 0.25) is 0 Å². The maximum atomic E-state index is 5.42. The van der Waals surface area contributed by atoms with Crippen molar-refractivity contribution in [2.75, 3.05) is 7.11 Å². The molecule has 0 spiro atoms. The monoisotopic (exact) mass is 249 g/mol. The molecule has 2 nitrogen and oxygen atoms in total. The third-order valence-electron chi connectivity index (χ3n) is 3.49. The fraction of sp³-hybridized carbons (Fsp3) is 0.625. The van der Waals surface area contributed by atoms with Gasteiger partial charge in [-0.1, -0.05) is 44.9 Å². The Labute approximate surface area is 112 Å². The van der Waals surface area contributed by atoms with Crippen molar-refractivity contribution in [3.8, 4) is 5.75 Å². The van der Waals surface area contributed by atoms with Crippen molar-refractivity contribution in [3.63, 3.8) is 0 Å². The molecule has 0 bridgehead atoms. The van der Waals surface area contributed by atoms with Crippen molar-refractivity contribution >= 4 is 0 Å². The molecule has 1 aromatic rings. The molecule has 102 valence electrons. The molecule has 0 saturated heterocycles. The lowest BCUT2D eigenvalue weighted by Crippen LogP contribution is -2.31. The summed E-state index contributed by atoms with van der Waals surface area (Å²) in [6.45, 7) is 6.71. The lowest BCUT2D eigenvalue weighted by atomic mass is 10.0. The fourth-order valence-electron chi connectivity index (χ4n) is 2.32. The van der Waals surface area contributed by atoms with Gasteiger partial charge >= 0.3 is 0 Å². The zero-order chi connectivity index (χ0) is 13.4. The van der Waals surface area contributed by atoms with Crippen LogP contribution in [0, 0.1) is 0 Å². The van der Waals surface area contributed by atoms with Gasteiger partial charge in [0.15, 0.2) is 0 Å². The van der Waals surface area contributed by atoms with E-state index in [9.17, 15) is 0 Å². The Hall–Kier alpha value is -1.02. The summed E-state index contributed by atoms with van der Waals surface area (Å²) in [7, 11) is 1.74. The zero-order valence-electron chi connectivity index (χ0n) is 12.2. The lowest BCUT2D eigenvalue weighted by Gasteiger charge is -2.23. The molecule has 1 rings (SSSR count). The van der Waals surface area contributed by atoms with Crippen LogP contribution in [0.1, 0.15) is 58.1 Å². The van der Waals surface area contributed by atoms with Gasteiger partial charge in [-0.15, -0.1) is 0 Å². The first-order valence-electron chi connectivity index (χ1n) is 7.11. The van der Waals surface area contributed by atoms with E-state index in [2.05, 4.69) is 38.2 Å². The topological polar surface area (TPSA) is 21.3 Å². The van der Waals surface area contributed by atoms with Crippen LogP contribution in [0.3, 0.4) is 0 Å². The van der Waals surface area contributed by atoms with Gasteiger partial charge in [0.25, 0.3) is 0 Å². The van der Waals surface area contributed by atoms with Crippen molar-refractivity contribution in [3.05, 3.63) is 29.8 Å². The Morgan fingerprint density at radius 2 is 1.94 bits per heavy atom. The highest BCUT2D eigenvalue weighted by Crippen LogP contribution is 2.25. The predicted molar refractivity (Wildman–Crippen MR) is 78.1 cm³/mol. The van der Waals surface area contributed by atoms with E-state index in [1.54, 1.807) is 7.11 Å². The molecule has 2 heteroatoms. The molecular formula is C16H27NO. The highest BCUT2D eigenvalue weighted by atomic mass is 16.5. The summed E-state index contributed by atoms with van der Waals surface area (Å²) in [4.78, 5) is 0. The second-order valence-electron chi connectivity index (χ2n) is 4.88. The number of ether oxygens (including phenoxy) is 1. The van der Waals surface area contributed by atoms with Crippen LogP contribution in [0.15, 0.2) is 24.3 Å². The minimum Gasteiger partial charge on any atom is -0.496 e. The molecule has 0 aliphatic carbocycles. The Kier molecular flexibility index (Phi) is 6.81. The van der Waals surface area contributed by atoms with Gasteiger partial charge in [-0.25, -0.2) is 0 Å². The van der Waals surface area contributed by atoms with Crippen molar-refractivity contribution in [2.24, 2.45) is 0 Å². The molecule has 0 radical (unpaired) electrons. The third-order valence-corrected chi connectivity index (χ3v) is 3.49. The summed E-state index contributed by atoms with van der Waals surface area (Å²) in [6, 6.07) is 9.20. The molecule has 1 aromatic carbocycles. The summed E-state index contributed by atoms with van der Waals surface area (Å²) in [5.74, 6) is 0.975. The maximum absolute atomic E-state index is 5.42. The Morgan fingerprint density at radius 3 is 2.56 bits per heavy atom. The van der Waals surface area contributed by atoms with Crippen LogP contribution in [0.5, 0.6) is 5.75 Å². The van der Waals surface area contributed by atoms with Gasteiger partial charge in [0, 0.05) is 17.6 Å². The number of unbranched alkanes of at least 4 members (excludes halogenated alkanes) is 1. The first-order chi connectivity index (χ1) is 8.72. The molecule has 2 atom stereocenters. The second-order valence-corrected chi connectivity index (χ2v) is 4.88. The third kappa shape index (κ3) is 4.34. The molecule has 0 aliphatic heterocycles. The van der Waals surface area contributed by atoms with E-state index in [1.165, 1.54) is 31.2 Å². The van der Waals surface area contributed by atoms with Gasteiger partial charge in [-0.2, -0.15) is 0 Å². The van der Waals surface area contributed by atoms with Crippen LogP contribution >= 0.6 is 0 Å². The van der Waals surface area contributed by atoms with E-state index >= 15 is 0 Å². The molecule has 0 aromatic heterocycles. The molecular weight excluding hydrogens is 222 g/mol. The van der Waals surface area contributed by atoms with Gasteiger partial charge in [0.2, 0.25) is 0 Å². The SMILES string of the molecule is CCCCC(CC)N[C@@H](C)c1ccccc1OC. The standard InChI is InChI=1S/C16H27NO/c1-5-7-10-14(6-2)17-13(3)15-11-8-9-12-16(15)18-4/h8-9,11-14,17H,5-7,10H2,1-4H3/t13-,14?/m0/s1. The number of hydrogen-bond acceptors (Lipinski definition) is 2. The Balaban J connectivity index is 2.65. The molecule has 1 unspecified atom stereocenters. The first kappa shape index (κ1) is 15.0. The van der Waals surface area contributed by atoms with Crippen LogP contribution < -0.4 is 10.1 Å². The van der Waals surface area contributed by atoms with Crippen LogP contribution in [-0.4, -0.2) is 13.2 Å². The summed E-state index contributed by atoms with van der Waals surface area (Å²) in [5, 5.41) is 3.71. The number of rotatable bonds is 8. The van der Waals surface area contributed by atoms with Crippen molar-refractivity contribution in [1.29, 1.82) is 0 Å². The number of methoxy groups -OCH3 is 1. The van der Waals surface area contributed by atoms with Gasteiger partial charge in [-0.05, 0) is 25.8 Å². The summed E-state index contributed by atoms with van der Waals surface area (Å²) >= 11 is 0. The quantitative estimate of drug-likeness (QED) is 0.741. The number of hydrogen-bond donors (Lipinski definition) is 1. The maximum Gasteiger partial charge on any atom is 0.123 e. The average Bonchev–Trinajstić information content (AvgIpc) is 2.43. The highest BCUT2D eigenvalue weighted by Gasteiger charge is 2.14. The molecule has 0 saturated carbocycles. The van der Waals surface area contributed by atoms with E-state index < -0.39 is 0 Å². The molecule has 0 fully saturated rings. The van der Waals surface area contributed by atoms with Crippen molar-refractivity contribution in [1.82, 2.24) is 5.32 Å². The van der Waals surface area contributed by atoms with Crippen LogP contribution in [0.25, 0.3) is 0 Å². The average molecular weight is 249 g/mol. The second kappa shape index (κ2) is 8.15. The van der Waals surface area contributed by atoms with Crippen LogP contribution in [0.4, 0.5) is 0 Å². The predicted octanol–water partition coefficient (Wildman–Crippen LogP) is 4.31. The molecule has 18 heavy (non-hydrogen) atoms. The number of benzene rings is 1. The summed E-state index contributed by atoms with van der Waals surface area (Å²) in [6.07, 6.45) is 5.00. The Bertz CT molecular complexity index is 338. The van der Waals surface area contributed by atoms with Gasteiger partial charge in [0.1, 0.15) is 5.75 Å². The molecule has 0 aliphatic rings. The Morgan fingerprint density at radius 1 is 1.22 bits per heavy atom. The lowest BCUT2D eigenvalue weighted by molar-refractivity contribution is 0.380. The van der Waals surface area contributed by atoms with Gasteiger partial charge in [0.05, 0.1) is 7.11 Å². The van der Waals surface area contributed by atoms with E-state index in [0.29, 0.717) is 12.1 Å². The van der Waals surface area contributed by atoms with Crippen molar-refractivity contribution in [2.45, 2.75) is 58.5 Å². The molecule has 1 N–H and O–H groups in total. The van der Waals surface area contributed by atoms with Gasteiger partial charge in [-0.3, -0.25) is 0 Å². The highest BCUT2D eigenvalue weighted by molar-refractivity contribution is 5.35. The molecule has 0 heterocycles. The van der Waals surface area contributed by atoms with E-state index in [4.69, 9.17) is 4.74 Å². The smallest absolute Gasteiger partial charge is 0.123 e. The summed E-state index contributed by atoms with van der Waals surface area (Å²) < 4.78 is 5.42. The number of para-hydroxylation sites is 1. The molecule has 0 amide bonds. The first-order valence-corrected chi connectivity index (χ1v) is 7.11. The van der Waals surface area contributed by atoms with E-state index in [1.807, 2.05) is 12.1 Å². The van der Waals surface area contributed by atoms with E-state index in [-0.39, 0.29) is 0 Å². The fourth-order valence-corrected chi connectivity index (χ4v) is 2.32. The van der Waals surface area contributed by atoms with Gasteiger partial charge < -0.3 is 10.1 Å². The largest absolute Gasteiger partial charge is 0.496 e. The minimum absolute atomic E-state index is 0.336. The van der Waals surface area contributed by atoms with Crippen molar-refractivity contribution < 1.29 is 4.74 Å². The normalized spacial score (nSPS) is 14.2. The summed E-state index contributed by atoms with van der Waals surface area (Å²) in [5.41, 5.74) is 1.25. The zero-order valence-corrected chi connectivity index (χ0v) is 12.2. The minimum atomic E-state index is 0.336.